The average molecular weight is 295 g/mol. The van der Waals surface area contributed by atoms with Crippen LogP contribution in [0.5, 0.6) is 0 Å². The number of thioether (sulfide) groups is 1. The molecule has 0 atom stereocenters. The zero-order valence-corrected chi connectivity index (χ0v) is 11.2. The van der Waals surface area contributed by atoms with Gasteiger partial charge in [-0.3, -0.25) is 10.1 Å². The van der Waals surface area contributed by atoms with Gasteiger partial charge in [0.25, 0.3) is 5.69 Å². The zero-order chi connectivity index (χ0) is 14.4. The summed E-state index contributed by atoms with van der Waals surface area (Å²) in [6, 6.07) is 7.63. The number of nitrogens with one attached hydrogen (secondary N) is 1. The summed E-state index contributed by atoms with van der Waals surface area (Å²) < 4.78 is 0. The van der Waals surface area contributed by atoms with E-state index in [0.717, 1.165) is 11.8 Å². The quantitative estimate of drug-likeness (QED) is 0.519. The summed E-state index contributed by atoms with van der Waals surface area (Å²) >= 11 is 6.85. The number of halogens is 1. The number of anilines is 1. The SMILES string of the molecule is CSC(Nc1ccc(Cl)c([N+](=O)[O-])c1)=C(C#N)C#N. The lowest BCUT2D eigenvalue weighted by atomic mass is 10.2. The first-order valence-electron chi connectivity index (χ1n) is 4.83. The molecule has 8 heteroatoms. The van der Waals surface area contributed by atoms with Crippen LogP contribution in [0, 0.1) is 32.8 Å². The van der Waals surface area contributed by atoms with Gasteiger partial charge in [0.1, 0.15) is 22.2 Å². The Morgan fingerprint density at radius 3 is 2.58 bits per heavy atom. The second kappa shape index (κ2) is 6.64. The Morgan fingerprint density at radius 2 is 2.11 bits per heavy atom. The molecule has 1 rings (SSSR count). The van der Waals surface area contributed by atoms with Crippen molar-refractivity contribution in [3.05, 3.63) is 43.9 Å². The fourth-order valence-electron chi connectivity index (χ4n) is 1.20. The van der Waals surface area contributed by atoms with Crippen molar-refractivity contribution >= 4 is 34.7 Å². The molecule has 19 heavy (non-hydrogen) atoms. The number of benzene rings is 1. The van der Waals surface area contributed by atoms with Gasteiger partial charge >= 0.3 is 0 Å². The Balaban J connectivity index is 3.17. The normalized spacial score (nSPS) is 9.05. The molecule has 0 aromatic heterocycles. The highest BCUT2D eigenvalue weighted by atomic mass is 35.5. The first-order valence-corrected chi connectivity index (χ1v) is 6.43. The third-order valence-electron chi connectivity index (χ3n) is 2.06. The van der Waals surface area contributed by atoms with Gasteiger partial charge in [0.2, 0.25) is 0 Å². The molecule has 0 fully saturated rings. The topological polar surface area (TPSA) is 103 Å². The molecule has 0 bridgehead atoms. The molecule has 0 aliphatic carbocycles. The van der Waals surface area contributed by atoms with Gasteiger partial charge in [-0.25, -0.2) is 0 Å². The summed E-state index contributed by atoms with van der Waals surface area (Å²) in [5.74, 6) is 0. The third-order valence-corrected chi connectivity index (χ3v) is 3.09. The van der Waals surface area contributed by atoms with E-state index in [-0.39, 0.29) is 16.3 Å². The summed E-state index contributed by atoms with van der Waals surface area (Å²) in [7, 11) is 0. The van der Waals surface area contributed by atoms with Crippen molar-refractivity contribution in [3.63, 3.8) is 0 Å². The van der Waals surface area contributed by atoms with Crippen LogP contribution in [0.2, 0.25) is 5.02 Å². The highest BCUT2D eigenvalue weighted by Gasteiger charge is 2.14. The van der Waals surface area contributed by atoms with E-state index in [1.54, 1.807) is 18.4 Å². The molecule has 0 aliphatic rings. The van der Waals surface area contributed by atoms with E-state index in [2.05, 4.69) is 5.32 Å². The molecular weight excluding hydrogens is 288 g/mol. The molecule has 0 unspecified atom stereocenters. The van der Waals surface area contributed by atoms with E-state index in [1.165, 1.54) is 18.2 Å². The van der Waals surface area contributed by atoms with E-state index in [0.29, 0.717) is 10.7 Å². The van der Waals surface area contributed by atoms with E-state index >= 15 is 0 Å². The van der Waals surface area contributed by atoms with Crippen LogP contribution in [0.3, 0.4) is 0 Å². The Kier molecular flexibility index (Phi) is 5.19. The minimum Gasteiger partial charge on any atom is -0.348 e. The fourth-order valence-corrected chi connectivity index (χ4v) is 1.91. The first-order chi connectivity index (χ1) is 9.03. The van der Waals surface area contributed by atoms with Gasteiger partial charge in [0, 0.05) is 11.8 Å². The molecule has 0 aliphatic heterocycles. The van der Waals surface area contributed by atoms with Gasteiger partial charge in [-0.2, -0.15) is 10.5 Å². The monoisotopic (exact) mass is 294 g/mol. The molecule has 0 radical (unpaired) electrons. The van der Waals surface area contributed by atoms with Gasteiger partial charge < -0.3 is 5.32 Å². The number of nitriles is 2. The van der Waals surface area contributed by atoms with Crippen molar-refractivity contribution in [2.24, 2.45) is 0 Å². The van der Waals surface area contributed by atoms with E-state index < -0.39 is 4.92 Å². The lowest BCUT2D eigenvalue weighted by molar-refractivity contribution is -0.384. The molecule has 96 valence electrons. The smallest absolute Gasteiger partial charge is 0.289 e. The highest BCUT2D eigenvalue weighted by Crippen LogP contribution is 2.29. The Bertz CT molecular complexity index is 615. The van der Waals surface area contributed by atoms with Gasteiger partial charge in [0.05, 0.1) is 4.92 Å². The van der Waals surface area contributed by atoms with Gasteiger partial charge in [-0.15, -0.1) is 11.8 Å². The number of hydrogen-bond donors (Lipinski definition) is 1. The molecule has 0 heterocycles. The van der Waals surface area contributed by atoms with E-state index in [4.69, 9.17) is 22.1 Å². The van der Waals surface area contributed by atoms with Crippen LogP contribution in [0.1, 0.15) is 0 Å². The molecule has 0 spiro atoms. The summed E-state index contributed by atoms with van der Waals surface area (Å²) in [6.45, 7) is 0. The summed E-state index contributed by atoms with van der Waals surface area (Å²) in [5, 5.41) is 31.4. The molecule has 0 saturated heterocycles. The fraction of sp³-hybridized carbons (Fsp3) is 0.0909. The maximum atomic E-state index is 10.7. The third kappa shape index (κ3) is 3.62. The number of nitro groups is 1. The minimum absolute atomic E-state index is 0.0195. The number of hydrogen-bond acceptors (Lipinski definition) is 6. The van der Waals surface area contributed by atoms with Crippen LogP contribution < -0.4 is 5.32 Å². The molecule has 0 saturated carbocycles. The van der Waals surface area contributed by atoms with E-state index in [9.17, 15) is 10.1 Å². The maximum Gasteiger partial charge on any atom is 0.289 e. The van der Waals surface area contributed by atoms with Crippen molar-refractivity contribution in [2.45, 2.75) is 0 Å². The maximum absolute atomic E-state index is 10.7. The lowest BCUT2D eigenvalue weighted by Gasteiger charge is -2.08. The summed E-state index contributed by atoms with van der Waals surface area (Å²) in [5.41, 5.74) is 0.0381. The standard InChI is InChI=1S/C11H7ClN4O2S/c1-19-11(7(5-13)6-14)15-8-2-3-9(12)10(4-8)16(17)18/h2-4,15H,1H3. The van der Waals surface area contributed by atoms with Crippen molar-refractivity contribution in [1.82, 2.24) is 0 Å². The van der Waals surface area contributed by atoms with Crippen LogP contribution in [0.25, 0.3) is 0 Å². The van der Waals surface area contributed by atoms with E-state index in [1.807, 2.05) is 0 Å². The molecule has 6 nitrogen and oxygen atoms in total. The van der Waals surface area contributed by atoms with Crippen molar-refractivity contribution in [1.29, 1.82) is 10.5 Å². The molecule has 1 aromatic carbocycles. The van der Waals surface area contributed by atoms with Gasteiger partial charge in [-0.1, -0.05) is 11.6 Å². The van der Waals surface area contributed by atoms with Crippen LogP contribution in [0.4, 0.5) is 11.4 Å². The predicted molar refractivity (Wildman–Crippen MR) is 73.5 cm³/mol. The van der Waals surface area contributed by atoms with Crippen LogP contribution >= 0.6 is 23.4 Å². The van der Waals surface area contributed by atoms with Crippen molar-refractivity contribution in [2.75, 3.05) is 11.6 Å². The van der Waals surface area contributed by atoms with Gasteiger partial charge in [-0.05, 0) is 18.4 Å². The summed E-state index contributed by atoms with van der Waals surface area (Å²) in [4.78, 5) is 10.1. The summed E-state index contributed by atoms with van der Waals surface area (Å²) in [6.07, 6.45) is 1.68. The second-order valence-electron chi connectivity index (χ2n) is 3.18. The predicted octanol–water partition coefficient (Wildman–Crippen LogP) is 3.28. The van der Waals surface area contributed by atoms with Crippen LogP contribution in [-0.2, 0) is 0 Å². The largest absolute Gasteiger partial charge is 0.348 e. The Morgan fingerprint density at radius 1 is 1.47 bits per heavy atom. The molecular formula is C11H7ClN4O2S. The second-order valence-corrected chi connectivity index (χ2v) is 4.40. The number of nitro benzene ring substituents is 1. The van der Waals surface area contributed by atoms with Gasteiger partial charge in [0.15, 0.2) is 5.57 Å². The van der Waals surface area contributed by atoms with Crippen molar-refractivity contribution in [3.8, 4) is 12.1 Å². The lowest BCUT2D eigenvalue weighted by Crippen LogP contribution is -2.00. The van der Waals surface area contributed by atoms with Crippen LogP contribution in [0.15, 0.2) is 28.8 Å². The number of rotatable bonds is 4. The first kappa shape index (κ1) is 14.8. The molecule has 1 aromatic rings. The highest BCUT2D eigenvalue weighted by molar-refractivity contribution is 8.02. The minimum atomic E-state index is -0.606. The van der Waals surface area contributed by atoms with Crippen molar-refractivity contribution < 1.29 is 4.92 Å². The number of nitrogens with zero attached hydrogens (tertiary/aromatic N) is 3. The average Bonchev–Trinajstić information content (AvgIpc) is 2.40. The van der Waals surface area contributed by atoms with Crippen LogP contribution in [-0.4, -0.2) is 11.2 Å². The zero-order valence-electron chi connectivity index (χ0n) is 9.68. The number of allylic oxidation sites excluding steroid dienone is 1. The molecule has 0 amide bonds. The Labute approximate surface area is 118 Å². The Hall–Kier alpha value is -2.22. The molecule has 1 N–H and O–H groups in total.